The van der Waals surface area contributed by atoms with Crippen LogP contribution in [0.3, 0.4) is 0 Å². The summed E-state index contributed by atoms with van der Waals surface area (Å²) in [6, 6.07) is 0.328. The molecule has 108 valence electrons. The lowest BCUT2D eigenvalue weighted by Gasteiger charge is -2.40. The van der Waals surface area contributed by atoms with Crippen molar-refractivity contribution in [2.45, 2.75) is 77.3 Å². The van der Waals surface area contributed by atoms with Crippen molar-refractivity contribution < 1.29 is 4.79 Å². The maximum Gasteiger partial charge on any atom is 0.240 e. The minimum Gasteiger partial charge on any atom is -0.351 e. The van der Waals surface area contributed by atoms with Gasteiger partial charge in [0.15, 0.2) is 0 Å². The van der Waals surface area contributed by atoms with Crippen molar-refractivity contribution in [1.82, 2.24) is 5.32 Å². The topological polar surface area (TPSA) is 55.1 Å². The Kier molecular flexibility index (Phi) is 2.80. The summed E-state index contributed by atoms with van der Waals surface area (Å²) in [4.78, 5) is 12.5. The minimum atomic E-state index is -0.581. The Morgan fingerprint density at radius 2 is 1.79 bits per heavy atom. The number of nitrogens with two attached hydrogens (primary N) is 1. The number of hydrogen-bond donors (Lipinski definition) is 2. The highest BCUT2D eigenvalue weighted by molar-refractivity contribution is 5.86. The van der Waals surface area contributed by atoms with Crippen LogP contribution in [0.5, 0.6) is 0 Å². The van der Waals surface area contributed by atoms with Gasteiger partial charge in [0.2, 0.25) is 5.91 Å². The Hall–Kier alpha value is -0.570. The van der Waals surface area contributed by atoms with E-state index < -0.39 is 5.54 Å². The van der Waals surface area contributed by atoms with Crippen LogP contribution in [0.25, 0.3) is 0 Å². The fraction of sp³-hybridized carbons (Fsp3) is 0.938. The first-order chi connectivity index (χ1) is 8.80. The normalized spacial score (nSPS) is 42.5. The first kappa shape index (κ1) is 13.4. The molecule has 0 aliphatic heterocycles. The van der Waals surface area contributed by atoms with Crippen molar-refractivity contribution in [2.24, 2.45) is 22.5 Å². The summed E-state index contributed by atoms with van der Waals surface area (Å²) in [6.07, 6.45) is 7.62. The number of amides is 1. The number of nitrogens with one attached hydrogen (secondary N) is 1. The highest BCUT2D eigenvalue weighted by Gasteiger charge is 2.62. The molecule has 0 aromatic heterocycles. The van der Waals surface area contributed by atoms with E-state index in [9.17, 15) is 4.79 Å². The van der Waals surface area contributed by atoms with E-state index in [1.807, 2.05) is 0 Å². The van der Waals surface area contributed by atoms with Gasteiger partial charge in [-0.2, -0.15) is 0 Å². The van der Waals surface area contributed by atoms with Gasteiger partial charge < -0.3 is 11.1 Å². The lowest BCUT2D eigenvalue weighted by atomic mass is 9.69. The van der Waals surface area contributed by atoms with Crippen LogP contribution in [0.2, 0.25) is 0 Å². The average Bonchev–Trinajstić information content (AvgIpc) is 2.92. The highest BCUT2D eigenvalue weighted by Crippen LogP contribution is 2.65. The zero-order valence-corrected chi connectivity index (χ0v) is 12.6. The van der Waals surface area contributed by atoms with Gasteiger partial charge in [-0.05, 0) is 48.9 Å². The number of carbonyl (C=O) groups excluding carboxylic acids is 1. The molecule has 0 aromatic carbocycles. The molecule has 0 spiro atoms. The lowest BCUT2D eigenvalue weighted by Crippen LogP contribution is -2.57. The predicted molar refractivity (Wildman–Crippen MR) is 76.5 cm³/mol. The Labute approximate surface area is 116 Å². The standard InChI is InChI=1S/C16H28N2O/c1-14(2)11-6-9-15(14,3)12(10-11)18-13(19)16(17)7-4-5-8-16/h11-12H,4-10,17H2,1-3H3,(H,18,19). The Balaban J connectivity index is 1.74. The molecular formula is C16H28N2O. The van der Waals surface area contributed by atoms with E-state index >= 15 is 0 Å². The summed E-state index contributed by atoms with van der Waals surface area (Å²) in [6.45, 7) is 7.12. The van der Waals surface area contributed by atoms with Crippen molar-refractivity contribution in [3.8, 4) is 0 Å². The van der Waals surface area contributed by atoms with Gasteiger partial charge in [0.1, 0.15) is 0 Å². The van der Waals surface area contributed by atoms with E-state index in [1.54, 1.807) is 0 Å². The predicted octanol–water partition coefficient (Wildman–Crippen LogP) is 2.59. The highest BCUT2D eigenvalue weighted by atomic mass is 16.2. The Bertz CT molecular complexity index is 398. The zero-order chi connectivity index (χ0) is 13.9. The molecule has 0 heterocycles. The number of rotatable bonds is 2. The molecule has 0 radical (unpaired) electrons. The second kappa shape index (κ2) is 3.97. The summed E-state index contributed by atoms with van der Waals surface area (Å²) >= 11 is 0. The van der Waals surface area contributed by atoms with Crippen molar-refractivity contribution >= 4 is 5.91 Å². The summed E-state index contributed by atoms with van der Waals surface area (Å²) < 4.78 is 0. The first-order valence-corrected chi connectivity index (χ1v) is 7.89. The molecule has 3 rings (SSSR count). The summed E-state index contributed by atoms with van der Waals surface area (Å²) in [5.41, 5.74) is 6.30. The van der Waals surface area contributed by atoms with Crippen LogP contribution in [0.1, 0.15) is 65.7 Å². The molecular weight excluding hydrogens is 236 g/mol. The van der Waals surface area contributed by atoms with Crippen LogP contribution < -0.4 is 11.1 Å². The maximum atomic E-state index is 12.5. The molecule has 1 amide bonds. The number of carbonyl (C=O) groups is 1. The second-order valence-corrected chi connectivity index (χ2v) is 8.00. The average molecular weight is 264 g/mol. The van der Waals surface area contributed by atoms with Crippen molar-refractivity contribution in [3.63, 3.8) is 0 Å². The van der Waals surface area contributed by atoms with E-state index in [1.165, 1.54) is 12.8 Å². The molecule has 3 atom stereocenters. The van der Waals surface area contributed by atoms with E-state index in [0.29, 0.717) is 11.5 Å². The molecule has 3 nitrogen and oxygen atoms in total. The third kappa shape index (κ3) is 1.70. The van der Waals surface area contributed by atoms with E-state index in [2.05, 4.69) is 26.1 Å². The molecule has 3 aliphatic rings. The minimum absolute atomic E-state index is 0.111. The summed E-state index contributed by atoms with van der Waals surface area (Å²) in [5, 5.41) is 3.32. The fourth-order valence-electron chi connectivity index (χ4n) is 4.96. The monoisotopic (exact) mass is 264 g/mol. The molecule has 3 N–H and O–H groups in total. The van der Waals surface area contributed by atoms with Crippen LogP contribution in [0.15, 0.2) is 0 Å². The van der Waals surface area contributed by atoms with Crippen LogP contribution in [0.4, 0.5) is 0 Å². The SMILES string of the molecule is CC1(C)C2CCC1(C)C(NC(=O)C1(N)CCCC1)C2. The van der Waals surface area contributed by atoms with Crippen LogP contribution >= 0.6 is 0 Å². The molecule has 0 aromatic rings. The number of hydrogen-bond acceptors (Lipinski definition) is 2. The fourth-order valence-corrected chi connectivity index (χ4v) is 4.96. The van der Waals surface area contributed by atoms with E-state index in [-0.39, 0.29) is 11.3 Å². The van der Waals surface area contributed by atoms with Crippen LogP contribution in [-0.4, -0.2) is 17.5 Å². The van der Waals surface area contributed by atoms with E-state index in [0.717, 1.165) is 38.0 Å². The molecule has 3 saturated carbocycles. The van der Waals surface area contributed by atoms with E-state index in [4.69, 9.17) is 5.73 Å². The molecule has 2 bridgehead atoms. The van der Waals surface area contributed by atoms with Gasteiger partial charge in [-0.25, -0.2) is 0 Å². The molecule has 3 aliphatic carbocycles. The Morgan fingerprint density at radius 3 is 2.26 bits per heavy atom. The molecule has 3 unspecified atom stereocenters. The number of fused-ring (bicyclic) bond motifs is 2. The van der Waals surface area contributed by atoms with Gasteiger partial charge >= 0.3 is 0 Å². The van der Waals surface area contributed by atoms with Gasteiger partial charge in [0.05, 0.1) is 5.54 Å². The molecule has 3 heteroatoms. The van der Waals surface area contributed by atoms with Crippen molar-refractivity contribution in [1.29, 1.82) is 0 Å². The summed E-state index contributed by atoms with van der Waals surface area (Å²) in [5.74, 6) is 0.875. The third-order valence-electron chi connectivity index (χ3n) is 7.05. The maximum absolute atomic E-state index is 12.5. The smallest absolute Gasteiger partial charge is 0.240 e. The first-order valence-electron chi connectivity index (χ1n) is 7.89. The van der Waals surface area contributed by atoms with Gasteiger partial charge in [0, 0.05) is 6.04 Å². The molecule has 0 saturated heterocycles. The van der Waals surface area contributed by atoms with Gasteiger partial charge in [-0.15, -0.1) is 0 Å². The van der Waals surface area contributed by atoms with Crippen molar-refractivity contribution in [2.75, 3.05) is 0 Å². The quantitative estimate of drug-likeness (QED) is 0.805. The van der Waals surface area contributed by atoms with Gasteiger partial charge in [-0.1, -0.05) is 33.6 Å². The van der Waals surface area contributed by atoms with Gasteiger partial charge in [-0.3, -0.25) is 4.79 Å². The Morgan fingerprint density at radius 1 is 1.16 bits per heavy atom. The lowest BCUT2D eigenvalue weighted by molar-refractivity contribution is -0.128. The molecule has 3 fully saturated rings. The van der Waals surface area contributed by atoms with Crippen LogP contribution in [0, 0.1) is 16.7 Å². The third-order valence-corrected chi connectivity index (χ3v) is 7.05. The molecule has 19 heavy (non-hydrogen) atoms. The largest absolute Gasteiger partial charge is 0.351 e. The summed E-state index contributed by atoms with van der Waals surface area (Å²) in [7, 11) is 0. The van der Waals surface area contributed by atoms with Gasteiger partial charge in [0.25, 0.3) is 0 Å². The van der Waals surface area contributed by atoms with Crippen LogP contribution in [-0.2, 0) is 4.79 Å². The van der Waals surface area contributed by atoms with Crippen molar-refractivity contribution in [3.05, 3.63) is 0 Å². The zero-order valence-electron chi connectivity index (χ0n) is 12.6. The second-order valence-electron chi connectivity index (χ2n) is 8.00.